The fraction of sp³-hybridized carbons (Fsp3) is 0.235. The van der Waals surface area contributed by atoms with Gasteiger partial charge in [-0.2, -0.15) is 0 Å². The minimum absolute atomic E-state index is 0.348. The molecule has 4 nitrogen and oxygen atoms in total. The molecular formula is C17H19NO3. The number of benzene rings is 2. The van der Waals surface area contributed by atoms with Gasteiger partial charge in [0.1, 0.15) is 6.23 Å². The third-order valence-corrected chi connectivity index (χ3v) is 3.19. The van der Waals surface area contributed by atoms with E-state index < -0.39 is 6.23 Å². The summed E-state index contributed by atoms with van der Waals surface area (Å²) in [6, 6.07) is 16.9. The van der Waals surface area contributed by atoms with Crippen LogP contribution in [0.5, 0.6) is 0 Å². The Balaban J connectivity index is 1.84. The van der Waals surface area contributed by atoms with E-state index in [1.54, 1.807) is 12.1 Å². The van der Waals surface area contributed by atoms with Gasteiger partial charge in [-0.3, -0.25) is 5.32 Å². The summed E-state index contributed by atoms with van der Waals surface area (Å²) in [7, 11) is 1.36. The number of methoxy groups -OCH3 is 1. The number of ether oxygens (including phenoxy) is 1. The number of rotatable bonds is 6. The molecule has 0 aromatic heterocycles. The first-order valence-electron chi connectivity index (χ1n) is 6.81. The third kappa shape index (κ3) is 4.70. The minimum atomic E-state index is -0.604. The SMILES string of the molecule is COC(=O)c1ccc(CNC(O)Cc2ccccc2)cc1. The van der Waals surface area contributed by atoms with Crippen LogP contribution >= 0.6 is 0 Å². The molecule has 0 spiro atoms. The Labute approximate surface area is 124 Å². The molecule has 0 fully saturated rings. The van der Waals surface area contributed by atoms with Crippen LogP contribution in [0.2, 0.25) is 0 Å². The summed E-state index contributed by atoms with van der Waals surface area (Å²) in [5, 5.41) is 13.0. The number of nitrogens with one attached hydrogen (secondary N) is 1. The lowest BCUT2D eigenvalue weighted by atomic mass is 10.1. The first-order valence-corrected chi connectivity index (χ1v) is 6.81. The molecule has 0 saturated heterocycles. The van der Waals surface area contributed by atoms with Crippen LogP contribution in [-0.4, -0.2) is 24.4 Å². The van der Waals surface area contributed by atoms with E-state index in [9.17, 15) is 9.90 Å². The summed E-state index contributed by atoms with van der Waals surface area (Å²) in [5.41, 5.74) is 2.60. The van der Waals surface area contributed by atoms with Gasteiger partial charge in [0.2, 0.25) is 0 Å². The lowest BCUT2D eigenvalue weighted by molar-refractivity contribution is 0.0600. The van der Waals surface area contributed by atoms with E-state index in [1.807, 2.05) is 42.5 Å². The standard InChI is InChI=1S/C17H19NO3/c1-21-17(20)15-9-7-14(8-10-15)12-18-16(19)11-13-5-3-2-4-6-13/h2-10,16,18-19H,11-12H2,1H3. The molecule has 1 unspecified atom stereocenters. The van der Waals surface area contributed by atoms with Gasteiger partial charge in [0.25, 0.3) is 0 Å². The van der Waals surface area contributed by atoms with Crippen molar-refractivity contribution >= 4 is 5.97 Å². The van der Waals surface area contributed by atoms with Crippen molar-refractivity contribution in [3.8, 4) is 0 Å². The topological polar surface area (TPSA) is 58.6 Å². The van der Waals surface area contributed by atoms with Crippen LogP contribution in [0.15, 0.2) is 54.6 Å². The zero-order valence-electron chi connectivity index (χ0n) is 12.0. The van der Waals surface area contributed by atoms with Gasteiger partial charge in [-0.15, -0.1) is 0 Å². The molecular weight excluding hydrogens is 266 g/mol. The molecule has 2 aromatic carbocycles. The molecule has 0 radical (unpaired) electrons. The predicted molar refractivity (Wildman–Crippen MR) is 80.8 cm³/mol. The van der Waals surface area contributed by atoms with E-state index >= 15 is 0 Å². The zero-order chi connectivity index (χ0) is 15.1. The Kier molecular flexibility index (Phi) is 5.49. The van der Waals surface area contributed by atoms with Crippen LogP contribution in [-0.2, 0) is 17.7 Å². The monoisotopic (exact) mass is 285 g/mol. The molecule has 0 bridgehead atoms. The fourth-order valence-corrected chi connectivity index (χ4v) is 2.02. The number of aliphatic hydroxyl groups excluding tert-OH is 1. The van der Waals surface area contributed by atoms with E-state index in [0.717, 1.165) is 11.1 Å². The maximum Gasteiger partial charge on any atom is 0.337 e. The molecule has 0 heterocycles. The summed E-state index contributed by atoms with van der Waals surface area (Å²) >= 11 is 0. The summed E-state index contributed by atoms with van der Waals surface area (Å²) in [5.74, 6) is -0.348. The van der Waals surface area contributed by atoms with E-state index in [1.165, 1.54) is 7.11 Å². The second-order valence-corrected chi connectivity index (χ2v) is 4.77. The minimum Gasteiger partial charge on any atom is -0.465 e. The molecule has 4 heteroatoms. The van der Waals surface area contributed by atoms with Crippen molar-refractivity contribution in [1.82, 2.24) is 5.32 Å². The molecule has 0 saturated carbocycles. The van der Waals surface area contributed by atoms with Gasteiger partial charge in [0.15, 0.2) is 0 Å². The Bertz CT molecular complexity index is 566. The predicted octanol–water partition coefficient (Wildman–Crippen LogP) is 2.12. The van der Waals surface area contributed by atoms with Crippen molar-refractivity contribution in [3.63, 3.8) is 0 Å². The van der Waals surface area contributed by atoms with Crippen LogP contribution in [0.3, 0.4) is 0 Å². The average molecular weight is 285 g/mol. The van der Waals surface area contributed by atoms with Gasteiger partial charge < -0.3 is 9.84 Å². The van der Waals surface area contributed by atoms with E-state index in [2.05, 4.69) is 10.1 Å². The van der Waals surface area contributed by atoms with Crippen molar-refractivity contribution in [3.05, 3.63) is 71.3 Å². The summed E-state index contributed by atoms with van der Waals surface area (Å²) in [4.78, 5) is 11.3. The first kappa shape index (κ1) is 15.2. The fourth-order valence-electron chi connectivity index (χ4n) is 2.02. The maximum absolute atomic E-state index is 11.3. The van der Waals surface area contributed by atoms with Gasteiger partial charge in [-0.05, 0) is 23.3 Å². The number of carbonyl (C=O) groups excluding carboxylic acids is 1. The second kappa shape index (κ2) is 7.57. The smallest absolute Gasteiger partial charge is 0.337 e. The zero-order valence-corrected chi connectivity index (χ0v) is 12.0. The highest BCUT2D eigenvalue weighted by atomic mass is 16.5. The average Bonchev–Trinajstić information content (AvgIpc) is 2.53. The van der Waals surface area contributed by atoms with Crippen LogP contribution in [0.25, 0.3) is 0 Å². The molecule has 1 atom stereocenters. The number of carbonyl (C=O) groups is 1. The summed E-state index contributed by atoms with van der Waals surface area (Å²) < 4.78 is 4.65. The van der Waals surface area contributed by atoms with Crippen molar-refractivity contribution in [1.29, 1.82) is 0 Å². The van der Waals surface area contributed by atoms with E-state index in [0.29, 0.717) is 18.5 Å². The van der Waals surface area contributed by atoms with Crippen molar-refractivity contribution in [2.24, 2.45) is 0 Å². The van der Waals surface area contributed by atoms with E-state index in [4.69, 9.17) is 0 Å². The lowest BCUT2D eigenvalue weighted by Crippen LogP contribution is -2.30. The van der Waals surface area contributed by atoms with Gasteiger partial charge in [-0.25, -0.2) is 4.79 Å². The van der Waals surface area contributed by atoms with Gasteiger partial charge in [0, 0.05) is 13.0 Å². The Morgan fingerprint density at radius 2 is 1.76 bits per heavy atom. The molecule has 0 aliphatic carbocycles. The van der Waals surface area contributed by atoms with Crippen LogP contribution in [0.4, 0.5) is 0 Å². The highest BCUT2D eigenvalue weighted by Crippen LogP contribution is 2.07. The molecule has 0 aliphatic heterocycles. The third-order valence-electron chi connectivity index (χ3n) is 3.19. The van der Waals surface area contributed by atoms with Crippen molar-refractivity contribution < 1.29 is 14.6 Å². The maximum atomic E-state index is 11.3. The molecule has 0 aliphatic rings. The number of hydrogen-bond donors (Lipinski definition) is 2. The molecule has 0 amide bonds. The van der Waals surface area contributed by atoms with Crippen molar-refractivity contribution in [2.75, 3.05) is 7.11 Å². The summed E-state index contributed by atoms with van der Waals surface area (Å²) in [6.45, 7) is 0.537. The number of aliphatic hydroxyl groups is 1. The van der Waals surface area contributed by atoms with Gasteiger partial charge >= 0.3 is 5.97 Å². The normalized spacial score (nSPS) is 11.9. The molecule has 21 heavy (non-hydrogen) atoms. The molecule has 2 rings (SSSR count). The first-order chi connectivity index (χ1) is 10.2. The highest BCUT2D eigenvalue weighted by molar-refractivity contribution is 5.89. The largest absolute Gasteiger partial charge is 0.465 e. The lowest BCUT2D eigenvalue weighted by Gasteiger charge is -2.13. The Hall–Kier alpha value is -2.17. The highest BCUT2D eigenvalue weighted by Gasteiger charge is 2.06. The van der Waals surface area contributed by atoms with Gasteiger partial charge in [-0.1, -0.05) is 42.5 Å². The van der Waals surface area contributed by atoms with Crippen LogP contribution < -0.4 is 5.32 Å². The quantitative estimate of drug-likeness (QED) is 0.630. The Morgan fingerprint density at radius 1 is 1.10 bits per heavy atom. The molecule has 2 N–H and O–H groups in total. The Morgan fingerprint density at radius 3 is 2.38 bits per heavy atom. The number of esters is 1. The van der Waals surface area contributed by atoms with Crippen LogP contribution in [0.1, 0.15) is 21.5 Å². The van der Waals surface area contributed by atoms with E-state index in [-0.39, 0.29) is 5.97 Å². The summed E-state index contributed by atoms with van der Waals surface area (Å²) in [6.07, 6.45) is -0.0474. The second-order valence-electron chi connectivity index (χ2n) is 4.77. The number of hydrogen-bond acceptors (Lipinski definition) is 4. The van der Waals surface area contributed by atoms with Crippen LogP contribution in [0, 0.1) is 0 Å². The molecule has 2 aromatic rings. The van der Waals surface area contributed by atoms with Crippen molar-refractivity contribution in [2.45, 2.75) is 19.2 Å². The van der Waals surface area contributed by atoms with Gasteiger partial charge in [0.05, 0.1) is 12.7 Å². The molecule has 110 valence electrons.